The summed E-state index contributed by atoms with van der Waals surface area (Å²) in [4.78, 5) is 24.1. The van der Waals surface area contributed by atoms with Gasteiger partial charge in [-0.1, -0.05) is 12.8 Å². The molecule has 0 saturated heterocycles. The second kappa shape index (κ2) is 5.10. The summed E-state index contributed by atoms with van der Waals surface area (Å²) in [6.45, 7) is 0. The molecule has 1 saturated carbocycles. The van der Waals surface area contributed by atoms with E-state index in [9.17, 15) is 9.59 Å². The zero-order valence-corrected chi connectivity index (χ0v) is 11.1. The molecular weight excluding hydrogens is 252 g/mol. The zero-order chi connectivity index (χ0) is 13.2. The second-order valence-electron chi connectivity index (χ2n) is 4.73. The lowest BCUT2D eigenvalue weighted by atomic mass is 9.82. The normalized spacial score (nSPS) is 17.6. The molecule has 0 spiro atoms. The molecule has 2 rings (SSSR count). The van der Waals surface area contributed by atoms with Crippen molar-refractivity contribution in [2.45, 2.75) is 32.1 Å². The number of hydrogen-bond donors (Lipinski definition) is 1. The minimum atomic E-state index is -0.912. The van der Waals surface area contributed by atoms with Crippen molar-refractivity contribution in [3.63, 3.8) is 0 Å². The minimum absolute atomic E-state index is 0.162. The number of carbonyl (C=O) groups excluding carboxylic acids is 1. The van der Waals surface area contributed by atoms with E-state index >= 15 is 0 Å². The minimum Gasteiger partial charge on any atom is -0.477 e. The molecule has 1 N–H and O–H groups in total. The number of carboxylic acid groups (broad SMARTS) is 1. The molecule has 0 unspecified atom stereocenters. The summed E-state index contributed by atoms with van der Waals surface area (Å²) < 4.78 is 4.91. The Labute approximate surface area is 110 Å². The van der Waals surface area contributed by atoms with Crippen molar-refractivity contribution >= 4 is 23.3 Å². The summed E-state index contributed by atoms with van der Waals surface area (Å²) in [6, 6.07) is 3.40. The van der Waals surface area contributed by atoms with E-state index < -0.39 is 11.4 Å². The van der Waals surface area contributed by atoms with Crippen LogP contribution in [0.4, 0.5) is 0 Å². The third-order valence-electron chi connectivity index (χ3n) is 3.56. The molecule has 1 aliphatic rings. The van der Waals surface area contributed by atoms with Gasteiger partial charge in [-0.3, -0.25) is 4.79 Å². The van der Waals surface area contributed by atoms with Crippen LogP contribution in [0.15, 0.2) is 12.1 Å². The van der Waals surface area contributed by atoms with Crippen molar-refractivity contribution in [2.24, 2.45) is 5.41 Å². The van der Waals surface area contributed by atoms with Gasteiger partial charge in [0.1, 0.15) is 4.88 Å². The standard InChI is InChI=1S/C13H16O4S/c1-17-12(16)13(6-2-3-7-13)8-9-4-5-10(18-9)11(14)15/h4-5H,2-3,6-8H2,1H3,(H,14,15). The van der Waals surface area contributed by atoms with Gasteiger partial charge in [-0.25, -0.2) is 4.79 Å². The van der Waals surface area contributed by atoms with E-state index in [4.69, 9.17) is 9.84 Å². The van der Waals surface area contributed by atoms with Gasteiger partial charge in [-0.05, 0) is 31.4 Å². The fraction of sp³-hybridized carbons (Fsp3) is 0.538. The van der Waals surface area contributed by atoms with Crippen LogP contribution in [0.5, 0.6) is 0 Å². The molecular formula is C13H16O4S. The Hall–Kier alpha value is -1.36. The Bertz CT molecular complexity index is 457. The number of rotatable bonds is 4. The Morgan fingerprint density at radius 2 is 2.06 bits per heavy atom. The van der Waals surface area contributed by atoms with Crippen LogP contribution in [0.3, 0.4) is 0 Å². The predicted octanol–water partition coefficient (Wildman–Crippen LogP) is 2.72. The maximum absolute atomic E-state index is 11.9. The molecule has 0 aliphatic heterocycles. The lowest BCUT2D eigenvalue weighted by Crippen LogP contribution is -2.31. The largest absolute Gasteiger partial charge is 0.477 e. The van der Waals surface area contributed by atoms with E-state index in [1.54, 1.807) is 12.1 Å². The van der Waals surface area contributed by atoms with Gasteiger partial charge in [0, 0.05) is 4.88 Å². The summed E-state index contributed by atoms with van der Waals surface area (Å²) in [5.41, 5.74) is -0.435. The molecule has 0 aromatic carbocycles. The summed E-state index contributed by atoms with van der Waals surface area (Å²) in [5, 5.41) is 8.90. The van der Waals surface area contributed by atoms with Gasteiger partial charge >= 0.3 is 11.9 Å². The highest BCUT2D eigenvalue weighted by molar-refractivity contribution is 7.13. The number of hydrogen-bond acceptors (Lipinski definition) is 4. The molecule has 4 nitrogen and oxygen atoms in total. The Balaban J connectivity index is 2.18. The van der Waals surface area contributed by atoms with Crippen molar-refractivity contribution < 1.29 is 19.4 Å². The molecule has 1 heterocycles. The molecule has 1 fully saturated rings. The van der Waals surface area contributed by atoms with Gasteiger partial charge in [0.05, 0.1) is 12.5 Å². The lowest BCUT2D eigenvalue weighted by molar-refractivity contribution is -0.152. The molecule has 0 radical (unpaired) electrons. The highest BCUT2D eigenvalue weighted by Crippen LogP contribution is 2.43. The SMILES string of the molecule is COC(=O)C1(Cc2ccc(C(=O)O)s2)CCCC1. The number of aromatic carboxylic acids is 1. The average Bonchev–Trinajstić information content (AvgIpc) is 2.98. The summed E-state index contributed by atoms with van der Waals surface area (Å²) >= 11 is 1.25. The predicted molar refractivity (Wildman–Crippen MR) is 67.9 cm³/mol. The van der Waals surface area contributed by atoms with E-state index in [-0.39, 0.29) is 5.97 Å². The third kappa shape index (κ3) is 2.41. The molecule has 5 heteroatoms. The third-order valence-corrected chi connectivity index (χ3v) is 4.64. The molecule has 0 bridgehead atoms. The first-order chi connectivity index (χ1) is 8.57. The van der Waals surface area contributed by atoms with E-state index in [0.29, 0.717) is 11.3 Å². The van der Waals surface area contributed by atoms with Crippen LogP contribution in [0.1, 0.15) is 40.2 Å². The van der Waals surface area contributed by atoms with Crippen LogP contribution in [-0.2, 0) is 16.0 Å². The highest BCUT2D eigenvalue weighted by atomic mass is 32.1. The van der Waals surface area contributed by atoms with Gasteiger partial charge < -0.3 is 9.84 Å². The quantitative estimate of drug-likeness (QED) is 0.853. The zero-order valence-electron chi connectivity index (χ0n) is 10.3. The molecule has 1 aromatic rings. The topological polar surface area (TPSA) is 63.6 Å². The number of carbonyl (C=O) groups is 2. The summed E-state index contributed by atoms with van der Waals surface area (Å²) in [5.74, 6) is -1.07. The highest BCUT2D eigenvalue weighted by Gasteiger charge is 2.42. The van der Waals surface area contributed by atoms with Crippen molar-refractivity contribution in [2.75, 3.05) is 7.11 Å². The van der Waals surface area contributed by atoms with E-state index in [1.165, 1.54) is 18.4 Å². The average molecular weight is 268 g/mol. The van der Waals surface area contributed by atoms with E-state index in [0.717, 1.165) is 30.6 Å². The molecule has 98 valence electrons. The number of methoxy groups -OCH3 is 1. The molecule has 1 aromatic heterocycles. The fourth-order valence-electron chi connectivity index (χ4n) is 2.64. The Morgan fingerprint density at radius 3 is 2.56 bits per heavy atom. The summed E-state index contributed by atoms with van der Waals surface area (Å²) in [7, 11) is 1.42. The van der Waals surface area contributed by atoms with Crippen LogP contribution >= 0.6 is 11.3 Å². The van der Waals surface area contributed by atoms with Crippen molar-refractivity contribution in [3.05, 3.63) is 21.9 Å². The van der Waals surface area contributed by atoms with Crippen LogP contribution in [0.25, 0.3) is 0 Å². The van der Waals surface area contributed by atoms with Gasteiger partial charge in [0.25, 0.3) is 0 Å². The van der Waals surface area contributed by atoms with Gasteiger partial charge in [0.2, 0.25) is 0 Å². The molecule has 1 aliphatic carbocycles. The first kappa shape index (κ1) is 13.1. The number of thiophene rings is 1. The Kier molecular flexibility index (Phi) is 3.71. The van der Waals surface area contributed by atoms with E-state index in [1.807, 2.05) is 0 Å². The van der Waals surface area contributed by atoms with Crippen LogP contribution in [-0.4, -0.2) is 24.2 Å². The molecule has 18 heavy (non-hydrogen) atoms. The fourth-order valence-corrected chi connectivity index (χ4v) is 3.63. The monoisotopic (exact) mass is 268 g/mol. The first-order valence-corrected chi connectivity index (χ1v) is 6.79. The maximum Gasteiger partial charge on any atom is 0.345 e. The Morgan fingerprint density at radius 1 is 1.39 bits per heavy atom. The van der Waals surface area contributed by atoms with Gasteiger partial charge in [-0.2, -0.15) is 0 Å². The van der Waals surface area contributed by atoms with Gasteiger partial charge in [-0.15, -0.1) is 11.3 Å². The van der Waals surface area contributed by atoms with Crippen LogP contribution in [0, 0.1) is 5.41 Å². The smallest absolute Gasteiger partial charge is 0.345 e. The number of carboxylic acids is 1. The maximum atomic E-state index is 11.9. The van der Waals surface area contributed by atoms with Crippen molar-refractivity contribution in [1.82, 2.24) is 0 Å². The number of esters is 1. The second-order valence-corrected chi connectivity index (χ2v) is 5.90. The van der Waals surface area contributed by atoms with Crippen LogP contribution in [0.2, 0.25) is 0 Å². The first-order valence-electron chi connectivity index (χ1n) is 5.98. The molecule has 0 amide bonds. The van der Waals surface area contributed by atoms with Crippen molar-refractivity contribution in [1.29, 1.82) is 0 Å². The lowest BCUT2D eigenvalue weighted by Gasteiger charge is -2.24. The van der Waals surface area contributed by atoms with Crippen molar-refractivity contribution in [3.8, 4) is 0 Å². The summed E-state index contributed by atoms with van der Waals surface area (Å²) in [6.07, 6.45) is 4.33. The van der Waals surface area contributed by atoms with Crippen LogP contribution < -0.4 is 0 Å². The number of ether oxygens (including phenoxy) is 1. The van der Waals surface area contributed by atoms with E-state index in [2.05, 4.69) is 0 Å². The molecule has 0 atom stereocenters. The van der Waals surface area contributed by atoms with Gasteiger partial charge in [0.15, 0.2) is 0 Å².